The maximum absolute atomic E-state index is 12.1. The second-order valence-electron chi connectivity index (χ2n) is 6.41. The number of nitrogens with zero attached hydrogens (tertiary/aromatic N) is 5. The molecule has 8 nitrogen and oxygen atoms in total. The van der Waals surface area contributed by atoms with Crippen LogP contribution >= 0.6 is 0 Å². The molecule has 0 aliphatic heterocycles. The van der Waals surface area contributed by atoms with Crippen LogP contribution in [0.25, 0.3) is 5.65 Å². The molecule has 1 aliphatic carbocycles. The quantitative estimate of drug-likeness (QED) is 0.765. The molecular formula is C17H21N7O. The zero-order valence-electron chi connectivity index (χ0n) is 14.1. The Morgan fingerprint density at radius 3 is 2.92 bits per heavy atom. The van der Waals surface area contributed by atoms with Gasteiger partial charge >= 0.3 is 6.03 Å². The highest BCUT2D eigenvalue weighted by Gasteiger charge is 2.17. The topological polar surface area (TPSA) is 89.1 Å². The van der Waals surface area contributed by atoms with Crippen molar-refractivity contribution in [3.05, 3.63) is 42.1 Å². The largest absolute Gasteiger partial charge is 0.332 e. The fourth-order valence-corrected chi connectivity index (χ4v) is 3.26. The number of amides is 2. The van der Waals surface area contributed by atoms with Gasteiger partial charge in [0.1, 0.15) is 5.82 Å². The summed E-state index contributed by atoms with van der Waals surface area (Å²) >= 11 is 0. The lowest BCUT2D eigenvalue weighted by atomic mass is 10.3. The minimum atomic E-state index is -0.272. The molecule has 0 atom stereocenters. The van der Waals surface area contributed by atoms with Crippen LogP contribution in [0.15, 0.2) is 30.6 Å². The smallest absolute Gasteiger partial charge is 0.319 e. The van der Waals surface area contributed by atoms with Gasteiger partial charge in [0, 0.05) is 6.20 Å². The van der Waals surface area contributed by atoms with Crippen LogP contribution < -0.4 is 10.6 Å². The Morgan fingerprint density at radius 1 is 1.24 bits per heavy atom. The van der Waals surface area contributed by atoms with Gasteiger partial charge in [-0.25, -0.2) is 14.3 Å². The maximum Gasteiger partial charge on any atom is 0.319 e. The van der Waals surface area contributed by atoms with Gasteiger partial charge in [-0.3, -0.25) is 4.68 Å². The first kappa shape index (κ1) is 15.6. The molecule has 1 fully saturated rings. The summed E-state index contributed by atoms with van der Waals surface area (Å²) < 4.78 is 3.68. The number of aromatic nitrogens is 5. The van der Waals surface area contributed by atoms with E-state index < -0.39 is 0 Å². The highest BCUT2D eigenvalue weighted by atomic mass is 16.2. The summed E-state index contributed by atoms with van der Waals surface area (Å²) in [5, 5.41) is 14.4. The van der Waals surface area contributed by atoms with E-state index in [0.29, 0.717) is 24.1 Å². The summed E-state index contributed by atoms with van der Waals surface area (Å²) in [6, 6.07) is 5.83. The van der Waals surface area contributed by atoms with Crippen LogP contribution in [0, 0.1) is 6.92 Å². The van der Waals surface area contributed by atoms with Crippen molar-refractivity contribution >= 4 is 17.4 Å². The molecule has 8 heteroatoms. The average Bonchev–Trinajstić information content (AvgIpc) is 3.32. The number of carbonyl (C=O) groups is 1. The summed E-state index contributed by atoms with van der Waals surface area (Å²) in [7, 11) is 0. The van der Waals surface area contributed by atoms with Gasteiger partial charge in [-0.15, -0.1) is 0 Å². The third-order valence-electron chi connectivity index (χ3n) is 4.49. The van der Waals surface area contributed by atoms with Crippen molar-refractivity contribution in [2.24, 2.45) is 0 Å². The number of rotatable bonds is 4. The minimum absolute atomic E-state index is 0.272. The number of hydrogen-bond acceptors (Lipinski definition) is 4. The van der Waals surface area contributed by atoms with E-state index in [4.69, 9.17) is 0 Å². The van der Waals surface area contributed by atoms with Gasteiger partial charge in [0.2, 0.25) is 0 Å². The number of carbonyl (C=O) groups excluding carboxylic acids is 1. The second-order valence-corrected chi connectivity index (χ2v) is 6.41. The fraction of sp³-hybridized carbons (Fsp3) is 0.412. The van der Waals surface area contributed by atoms with Crippen LogP contribution in [0.3, 0.4) is 0 Å². The van der Waals surface area contributed by atoms with Crippen molar-refractivity contribution in [2.45, 2.75) is 45.2 Å². The second kappa shape index (κ2) is 6.54. The Morgan fingerprint density at radius 2 is 2.08 bits per heavy atom. The van der Waals surface area contributed by atoms with Crippen LogP contribution in [-0.4, -0.2) is 30.4 Å². The zero-order chi connectivity index (χ0) is 17.2. The number of anilines is 1. The van der Waals surface area contributed by atoms with Crippen LogP contribution in [0.4, 0.5) is 10.5 Å². The lowest BCUT2D eigenvalue weighted by molar-refractivity contribution is 0.251. The lowest BCUT2D eigenvalue weighted by Crippen LogP contribution is -2.28. The number of aryl methyl sites for hydroxylation is 1. The van der Waals surface area contributed by atoms with Gasteiger partial charge in [-0.05, 0) is 38.0 Å². The van der Waals surface area contributed by atoms with Gasteiger partial charge in [0.15, 0.2) is 5.65 Å². The molecule has 3 aromatic rings. The monoisotopic (exact) mass is 339 g/mol. The Labute approximate surface area is 145 Å². The van der Waals surface area contributed by atoms with E-state index in [0.717, 1.165) is 11.3 Å². The van der Waals surface area contributed by atoms with Gasteiger partial charge in [-0.2, -0.15) is 10.2 Å². The molecule has 25 heavy (non-hydrogen) atoms. The van der Waals surface area contributed by atoms with Crippen molar-refractivity contribution in [1.29, 1.82) is 0 Å². The van der Waals surface area contributed by atoms with Crippen LogP contribution in [0.2, 0.25) is 0 Å². The number of nitrogens with one attached hydrogen (secondary N) is 2. The third-order valence-corrected chi connectivity index (χ3v) is 4.49. The number of hydrogen-bond donors (Lipinski definition) is 2. The van der Waals surface area contributed by atoms with E-state index in [9.17, 15) is 4.79 Å². The SMILES string of the molecule is Cc1nc2ccc(NC(=O)NCc3ccn(C4CCCC4)n3)cn2n1. The molecule has 0 spiro atoms. The molecule has 4 rings (SSSR count). The van der Waals surface area contributed by atoms with Gasteiger partial charge in [0.25, 0.3) is 0 Å². The summed E-state index contributed by atoms with van der Waals surface area (Å²) in [5.41, 5.74) is 2.27. The van der Waals surface area contributed by atoms with Gasteiger partial charge in [0.05, 0.1) is 30.2 Å². The highest BCUT2D eigenvalue weighted by Crippen LogP contribution is 2.28. The van der Waals surface area contributed by atoms with E-state index in [1.54, 1.807) is 16.8 Å². The molecule has 0 radical (unpaired) electrons. The first-order valence-electron chi connectivity index (χ1n) is 8.59. The Kier molecular flexibility index (Phi) is 4.09. The van der Waals surface area contributed by atoms with Crippen LogP contribution in [-0.2, 0) is 6.54 Å². The minimum Gasteiger partial charge on any atom is -0.332 e. The summed E-state index contributed by atoms with van der Waals surface area (Å²) in [5.74, 6) is 0.694. The molecule has 3 aromatic heterocycles. The molecule has 2 N–H and O–H groups in total. The lowest BCUT2D eigenvalue weighted by Gasteiger charge is -2.09. The predicted molar refractivity (Wildman–Crippen MR) is 93.3 cm³/mol. The molecule has 0 aromatic carbocycles. The van der Waals surface area contributed by atoms with Crippen LogP contribution in [0.5, 0.6) is 0 Å². The molecular weight excluding hydrogens is 318 g/mol. The van der Waals surface area contributed by atoms with Crippen molar-refractivity contribution in [1.82, 2.24) is 29.7 Å². The van der Waals surface area contributed by atoms with E-state index in [1.807, 2.05) is 29.9 Å². The van der Waals surface area contributed by atoms with Crippen molar-refractivity contribution < 1.29 is 4.79 Å². The van der Waals surface area contributed by atoms with E-state index in [-0.39, 0.29) is 6.03 Å². The molecule has 1 saturated carbocycles. The first-order valence-corrected chi connectivity index (χ1v) is 8.59. The summed E-state index contributed by atoms with van der Waals surface area (Å²) in [6.45, 7) is 2.23. The van der Waals surface area contributed by atoms with Crippen molar-refractivity contribution in [3.8, 4) is 0 Å². The fourth-order valence-electron chi connectivity index (χ4n) is 3.26. The summed E-state index contributed by atoms with van der Waals surface area (Å²) in [4.78, 5) is 16.3. The first-order chi connectivity index (χ1) is 12.2. The van der Waals surface area contributed by atoms with E-state index in [2.05, 4.69) is 25.8 Å². The van der Waals surface area contributed by atoms with Crippen molar-refractivity contribution in [3.63, 3.8) is 0 Å². The maximum atomic E-state index is 12.1. The number of fused-ring (bicyclic) bond motifs is 1. The van der Waals surface area contributed by atoms with Crippen molar-refractivity contribution in [2.75, 3.05) is 5.32 Å². The molecule has 0 unspecified atom stereocenters. The van der Waals surface area contributed by atoms with Crippen LogP contribution in [0.1, 0.15) is 43.2 Å². The molecule has 1 aliphatic rings. The van der Waals surface area contributed by atoms with E-state index in [1.165, 1.54) is 25.7 Å². The molecule has 0 saturated heterocycles. The molecule has 3 heterocycles. The average molecular weight is 339 g/mol. The molecule has 130 valence electrons. The van der Waals surface area contributed by atoms with Gasteiger partial charge in [-0.1, -0.05) is 12.8 Å². The number of urea groups is 1. The Bertz CT molecular complexity index is 891. The third kappa shape index (κ3) is 3.47. The molecule has 2 amide bonds. The van der Waals surface area contributed by atoms with Gasteiger partial charge < -0.3 is 10.6 Å². The normalized spacial score (nSPS) is 14.9. The van der Waals surface area contributed by atoms with E-state index >= 15 is 0 Å². The number of pyridine rings is 1. The Hall–Kier alpha value is -2.90. The highest BCUT2D eigenvalue weighted by molar-refractivity contribution is 5.89. The molecule has 0 bridgehead atoms. The predicted octanol–water partition coefficient (Wildman–Crippen LogP) is 2.67. The zero-order valence-corrected chi connectivity index (χ0v) is 14.1. The summed E-state index contributed by atoms with van der Waals surface area (Å²) in [6.07, 6.45) is 8.68. The Balaban J connectivity index is 1.33. The standard InChI is InChI=1S/C17H21N7O/c1-12-19-16-7-6-14(11-24(16)21-12)20-17(25)18-10-13-8-9-23(22-13)15-4-2-3-5-15/h6-9,11,15H,2-5,10H2,1H3,(H2,18,20,25).